The molecule has 6 heteroatoms. The van der Waals surface area contributed by atoms with Crippen LogP contribution in [0.2, 0.25) is 0 Å². The Balaban J connectivity index is 1.59. The first-order valence-corrected chi connectivity index (χ1v) is 11.5. The lowest BCUT2D eigenvalue weighted by Gasteiger charge is -2.51. The van der Waals surface area contributed by atoms with Gasteiger partial charge in [0.1, 0.15) is 12.0 Å². The van der Waals surface area contributed by atoms with Crippen LogP contribution in [0.4, 0.5) is 5.69 Å². The number of amides is 1. The molecule has 3 fully saturated rings. The summed E-state index contributed by atoms with van der Waals surface area (Å²) in [6.07, 6.45) is 5.76. The third-order valence-corrected chi connectivity index (χ3v) is 8.19. The number of aldehydes is 1. The topological polar surface area (TPSA) is 63.7 Å². The Morgan fingerprint density at radius 3 is 2.35 bits per heavy atom. The molecular formula is C25H26ClNO4. The Labute approximate surface area is 186 Å². The first kappa shape index (κ1) is 20.5. The normalized spacial score (nSPS) is 29.1. The van der Waals surface area contributed by atoms with Crippen LogP contribution in [0, 0.1) is 10.8 Å². The number of esters is 1. The molecule has 5 nitrogen and oxygen atoms in total. The quantitative estimate of drug-likeness (QED) is 0.292. The van der Waals surface area contributed by atoms with Gasteiger partial charge in [-0.3, -0.25) is 9.59 Å². The van der Waals surface area contributed by atoms with Gasteiger partial charge in [-0.25, -0.2) is 0 Å². The van der Waals surface area contributed by atoms with Crippen LogP contribution >= 0.6 is 11.6 Å². The van der Waals surface area contributed by atoms with Crippen molar-refractivity contribution in [1.29, 1.82) is 0 Å². The van der Waals surface area contributed by atoms with Gasteiger partial charge in [-0.1, -0.05) is 24.3 Å². The minimum Gasteiger partial charge on any atom is -0.426 e. The Morgan fingerprint density at radius 1 is 1.13 bits per heavy atom. The van der Waals surface area contributed by atoms with Gasteiger partial charge >= 0.3 is 5.97 Å². The minimum absolute atomic E-state index is 0.0227. The lowest BCUT2D eigenvalue weighted by molar-refractivity contribution is -0.141. The molecule has 0 aromatic heterocycles. The molecule has 0 spiro atoms. The summed E-state index contributed by atoms with van der Waals surface area (Å²) in [5.74, 6) is 0.645. The van der Waals surface area contributed by atoms with Crippen LogP contribution in [0.5, 0.6) is 5.75 Å². The van der Waals surface area contributed by atoms with Gasteiger partial charge in [-0.15, -0.1) is 11.6 Å². The fourth-order valence-corrected chi connectivity index (χ4v) is 6.22. The van der Waals surface area contributed by atoms with Crippen molar-refractivity contribution < 1.29 is 19.1 Å². The molecular weight excluding hydrogens is 414 g/mol. The molecule has 3 aliphatic carbocycles. The Bertz CT molecular complexity index is 1070. The maximum atomic E-state index is 14.0. The number of carbonyl (C=O) groups is 3. The van der Waals surface area contributed by atoms with Gasteiger partial charge < -0.3 is 14.4 Å². The van der Waals surface area contributed by atoms with Crippen molar-refractivity contribution in [3.05, 3.63) is 35.9 Å². The average molecular weight is 440 g/mol. The van der Waals surface area contributed by atoms with Crippen LogP contribution in [-0.4, -0.2) is 30.6 Å². The summed E-state index contributed by atoms with van der Waals surface area (Å²) in [5, 5.41) is 1.83. The number of halogens is 1. The molecule has 2 bridgehead atoms. The fraction of sp³-hybridized carbons (Fsp3) is 0.480. The molecule has 2 aromatic carbocycles. The second-order valence-electron chi connectivity index (χ2n) is 9.47. The first-order valence-electron chi connectivity index (χ1n) is 11.0. The van der Waals surface area contributed by atoms with Crippen LogP contribution in [0.1, 0.15) is 56.9 Å². The van der Waals surface area contributed by atoms with E-state index in [1.165, 1.54) is 6.92 Å². The van der Waals surface area contributed by atoms with Crippen molar-refractivity contribution in [3.63, 3.8) is 0 Å². The molecule has 4 aliphatic rings. The number of hydrogen-bond donors (Lipinski definition) is 0. The monoisotopic (exact) mass is 439 g/mol. The fourth-order valence-electron chi connectivity index (χ4n) is 5.97. The highest BCUT2D eigenvalue weighted by Gasteiger charge is 2.54. The molecule has 162 valence electrons. The van der Waals surface area contributed by atoms with Gasteiger partial charge in [0.2, 0.25) is 5.91 Å². The van der Waals surface area contributed by atoms with E-state index >= 15 is 0 Å². The van der Waals surface area contributed by atoms with E-state index in [1.54, 1.807) is 0 Å². The summed E-state index contributed by atoms with van der Waals surface area (Å²) in [6, 6.07) is 9.64. The zero-order valence-electron chi connectivity index (χ0n) is 17.7. The summed E-state index contributed by atoms with van der Waals surface area (Å²) < 4.78 is 5.53. The number of anilines is 1. The predicted molar refractivity (Wildman–Crippen MR) is 120 cm³/mol. The summed E-state index contributed by atoms with van der Waals surface area (Å²) in [6.45, 7) is 1.92. The summed E-state index contributed by atoms with van der Waals surface area (Å²) >= 11 is 6.37. The second kappa shape index (κ2) is 7.33. The molecule has 1 amide bonds. The average Bonchev–Trinajstić information content (AvgIpc) is 3.18. The molecule has 3 saturated carbocycles. The number of nitrogens with zero attached hydrogens (tertiary/aromatic N) is 1. The van der Waals surface area contributed by atoms with Crippen LogP contribution in [0.25, 0.3) is 10.8 Å². The molecule has 0 N–H and O–H groups in total. The number of benzene rings is 2. The largest absolute Gasteiger partial charge is 0.426 e. The molecule has 6 rings (SSSR count). The van der Waals surface area contributed by atoms with Gasteiger partial charge in [-0.05, 0) is 49.5 Å². The smallest absolute Gasteiger partial charge is 0.308 e. The number of fused-ring (bicyclic) bond motifs is 6. The highest BCUT2D eigenvalue weighted by molar-refractivity contribution is 6.19. The van der Waals surface area contributed by atoms with Crippen LogP contribution in [-0.2, 0) is 14.4 Å². The van der Waals surface area contributed by atoms with E-state index in [1.807, 2.05) is 35.2 Å². The van der Waals surface area contributed by atoms with E-state index in [9.17, 15) is 14.4 Å². The van der Waals surface area contributed by atoms with Crippen LogP contribution in [0.3, 0.4) is 0 Å². The molecule has 2 aromatic rings. The van der Waals surface area contributed by atoms with E-state index in [0.717, 1.165) is 66.8 Å². The minimum atomic E-state index is -0.406. The molecule has 31 heavy (non-hydrogen) atoms. The van der Waals surface area contributed by atoms with Gasteiger partial charge in [0.15, 0.2) is 0 Å². The number of hydrogen-bond acceptors (Lipinski definition) is 4. The van der Waals surface area contributed by atoms with Crippen molar-refractivity contribution in [2.45, 2.75) is 51.4 Å². The highest BCUT2D eigenvalue weighted by atomic mass is 35.5. The molecule has 0 radical (unpaired) electrons. The van der Waals surface area contributed by atoms with Crippen molar-refractivity contribution in [2.24, 2.45) is 10.8 Å². The van der Waals surface area contributed by atoms with Crippen molar-refractivity contribution in [2.75, 3.05) is 17.3 Å². The van der Waals surface area contributed by atoms with Gasteiger partial charge in [0.25, 0.3) is 0 Å². The van der Waals surface area contributed by atoms with E-state index < -0.39 is 11.4 Å². The summed E-state index contributed by atoms with van der Waals surface area (Å²) in [7, 11) is 0. The Morgan fingerprint density at radius 2 is 1.77 bits per heavy atom. The number of rotatable bonds is 4. The van der Waals surface area contributed by atoms with Crippen LogP contribution in [0.15, 0.2) is 30.3 Å². The number of carbonyl (C=O) groups excluding carboxylic acids is 3. The van der Waals surface area contributed by atoms with Crippen molar-refractivity contribution >= 4 is 46.2 Å². The standard InChI is InChI=1S/C25H26ClNO4/c1-16(29)31-21-12-20-22(19-5-3-2-4-18(19)21)17(13-26)14-27(20)23(30)25-9-6-24(15-28,7-10-25)8-11-25/h2-5,12,15,17H,6-11,13-14H2,1H3. The Hall–Kier alpha value is -2.40. The molecule has 1 atom stereocenters. The first-order chi connectivity index (χ1) is 14.9. The molecule has 1 heterocycles. The predicted octanol–water partition coefficient (Wildman–Crippen LogP) is 4.97. The second-order valence-corrected chi connectivity index (χ2v) is 9.78. The lowest BCUT2D eigenvalue weighted by atomic mass is 9.54. The SMILES string of the molecule is CC(=O)Oc1cc2c(c3ccccc13)C(CCl)CN2C(=O)C12CCC(C=O)(CC1)CC2. The summed E-state index contributed by atoms with van der Waals surface area (Å²) in [4.78, 5) is 39.2. The molecule has 1 aliphatic heterocycles. The van der Waals surface area contributed by atoms with E-state index in [0.29, 0.717) is 18.2 Å². The Kier molecular flexibility index (Phi) is 4.85. The third kappa shape index (κ3) is 3.08. The van der Waals surface area contributed by atoms with Gasteiger partial charge in [0.05, 0.1) is 5.69 Å². The highest BCUT2D eigenvalue weighted by Crippen LogP contribution is 2.58. The maximum Gasteiger partial charge on any atom is 0.308 e. The van der Waals surface area contributed by atoms with E-state index in [2.05, 4.69) is 0 Å². The van der Waals surface area contributed by atoms with E-state index in [4.69, 9.17) is 16.3 Å². The van der Waals surface area contributed by atoms with Crippen molar-refractivity contribution in [1.82, 2.24) is 0 Å². The zero-order valence-corrected chi connectivity index (χ0v) is 18.4. The van der Waals surface area contributed by atoms with Crippen LogP contribution < -0.4 is 9.64 Å². The molecule has 1 unspecified atom stereocenters. The van der Waals surface area contributed by atoms with E-state index in [-0.39, 0.29) is 17.2 Å². The third-order valence-electron chi connectivity index (χ3n) is 7.82. The number of ether oxygens (including phenoxy) is 1. The summed E-state index contributed by atoms with van der Waals surface area (Å²) in [5.41, 5.74) is 1.23. The maximum absolute atomic E-state index is 14.0. The van der Waals surface area contributed by atoms with Crippen molar-refractivity contribution in [3.8, 4) is 5.75 Å². The van der Waals surface area contributed by atoms with Gasteiger partial charge in [-0.2, -0.15) is 0 Å². The zero-order chi connectivity index (χ0) is 21.8. The van der Waals surface area contributed by atoms with Gasteiger partial charge in [0, 0.05) is 47.5 Å². The molecule has 0 saturated heterocycles. The lowest BCUT2D eigenvalue weighted by Crippen LogP contribution is -2.52. The number of alkyl halides is 1.